The molecule has 1 atom stereocenters. The molecule has 1 aromatic rings. The number of carboxylic acid groups (broad SMARTS) is 1. The Balaban J connectivity index is 2.11. The van der Waals surface area contributed by atoms with Gasteiger partial charge >= 0.3 is 5.97 Å². The average Bonchev–Trinajstić information content (AvgIpc) is 2.38. The second-order valence-corrected chi connectivity index (χ2v) is 6.11. The molecule has 2 aliphatic rings. The summed E-state index contributed by atoms with van der Waals surface area (Å²) in [7, 11) is 0. The summed E-state index contributed by atoms with van der Waals surface area (Å²) in [5.41, 5.74) is -0.577. The first-order valence-electron chi connectivity index (χ1n) is 6.50. The second kappa shape index (κ2) is 4.86. The molecular formula is C14H14BrNO4. The maximum Gasteiger partial charge on any atom is 0.318 e. The van der Waals surface area contributed by atoms with Gasteiger partial charge in [0.25, 0.3) is 0 Å². The van der Waals surface area contributed by atoms with Gasteiger partial charge in [-0.2, -0.15) is 0 Å². The zero-order valence-electron chi connectivity index (χ0n) is 10.7. The summed E-state index contributed by atoms with van der Waals surface area (Å²) in [6.45, 7) is 1.31. The summed E-state index contributed by atoms with van der Waals surface area (Å²) >= 11 is 3.35. The van der Waals surface area contributed by atoms with E-state index in [1.807, 2.05) is 0 Å². The van der Waals surface area contributed by atoms with Crippen LogP contribution in [0.15, 0.2) is 22.7 Å². The van der Waals surface area contributed by atoms with Crippen molar-refractivity contribution in [3.8, 4) is 5.75 Å². The van der Waals surface area contributed by atoms with Crippen LogP contribution in [0.25, 0.3) is 0 Å². The Morgan fingerprint density at radius 3 is 2.75 bits per heavy atom. The molecular weight excluding hydrogens is 326 g/mol. The van der Waals surface area contributed by atoms with E-state index in [9.17, 15) is 14.7 Å². The van der Waals surface area contributed by atoms with Crippen LogP contribution in [-0.2, 0) is 4.79 Å². The van der Waals surface area contributed by atoms with Crippen LogP contribution >= 0.6 is 15.9 Å². The topological polar surface area (TPSA) is 75.6 Å². The predicted molar refractivity (Wildman–Crippen MR) is 75.1 cm³/mol. The van der Waals surface area contributed by atoms with Crippen molar-refractivity contribution in [1.82, 2.24) is 5.32 Å². The van der Waals surface area contributed by atoms with E-state index >= 15 is 0 Å². The van der Waals surface area contributed by atoms with Crippen LogP contribution in [0.3, 0.4) is 0 Å². The van der Waals surface area contributed by atoms with Crippen molar-refractivity contribution in [2.75, 3.05) is 13.1 Å². The maximum absolute atomic E-state index is 12.5. The van der Waals surface area contributed by atoms with Crippen LogP contribution in [-0.4, -0.2) is 35.5 Å². The first kappa shape index (κ1) is 13.6. The van der Waals surface area contributed by atoms with Crippen molar-refractivity contribution >= 4 is 27.7 Å². The third-order valence-electron chi connectivity index (χ3n) is 4.01. The molecule has 1 saturated heterocycles. The zero-order chi connectivity index (χ0) is 14.3. The number of piperidine rings is 1. The lowest BCUT2D eigenvalue weighted by Gasteiger charge is -2.44. The highest BCUT2D eigenvalue weighted by Crippen LogP contribution is 2.42. The van der Waals surface area contributed by atoms with E-state index in [4.69, 9.17) is 4.74 Å². The van der Waals surface area contributed by atoms with Gasteiger partial charge in [-0.05, 0) is 31.3 Å². The van der Waals surface area contributed by atoms with E-state index < -0.39 is 17.5 Å². The van der Waals surface area contributed by atoms with Crippen molar-refractivity contribution in [1.29, 1.82) is 0 Å². The molecule has 3 rings (SSSR count). The van der Waals surface area contributed by atoms with Crippen LogP contribution in [0.2, 0.25) is 0 Å². The van der Waals surface area contributed by atoms with Crippen LogP contribution in [0.1, 0.15) is 23.2 Å². The van der Waals surface area contributed by atoms with Crippen molar-refractivity contribution in [2.45, 2.75) is 18.4 Å². The van der Waals surface area contributed by atoms with Gasteiger partial charge in [0.15, 0.2) is 11.7 Å². The molecule has 106 valence electrons. The highest BCUT2D eigenvalue weighted by molar-refractivity contribution is 9.10. The molecule has 5 nitrogen and oxygen atoms in total. The average molecular weight is 340 g/mol. The molecule has 0 amide bonds. The quantitative estimate of drug-likeness (QED) is 0.763. The van der Waals surface area contributed by atoms with Gasteiger partial charge in [-0.3, -0.25) is 9.59 Å². The van der Waals surface area contributed by atoms with Gasteiger partial charge in [-0.1, -0.05) is 15.9 Å². The third kappa shape index (κ3) is 2.03. The van der Waals surface area contributed by atoms with Crippen molar-refractivity contribution < 1.29 is 19.4 Å². The number of hydrogen-bond acceptors (Lipinski definition) is 4. The van der Waals surface area contributed by atoms with Crippen LogP contribution in [0.4, 0.5) is 0 Å². The molecule has 1 spiro atoms. The fourth-order valence-electron chi connectivity index (χ4n) is 3.03. The van der Waals surface area contributed by atoms with E-state index in [0.29, 0.717) is 37.2 Å². The van der Waals surface area contributed by atoms with Gasteiger partial charge in [0.2, 0.25) is 0 Å². The number of carbonyl (C=O) groups is 2. The first-order chi connectivity index (χ1) is 9.53. The van der Waals surface area contributed by atoms with Crippen molar-refractivity contribution in [3.63, 3.8) is 0 Å². The highest BCUT2D eigenvalue weighted by atomic mass is 79.9. The number of halogens is 1. The molecule has 0 aromatic heterocycles. The number of rotatable bonds is 1. The first-order valence-corrected chi connectivity index (χ1v) is 7.29. The summed E-state index contributed by atoms with van der Waals surface area (Å²) < 4.78 is 6.82. The normalized spacial score (nSPS) is 24.1. The highest BCUT2D eigenvalue weighted by Gasteiger charge is 2.54. The molecule has 0 saturated carbocycles. The summed E-state index contributed by atoms with van der Waals surface area (Å²) in [4.78, 5) is 24.1. The molecule has 2 N–H and O–H groups in total. The molecule has 2 heterocycles. The Morgan fingerprint density at radius 2 is 2.10 bits per heavy atom. The Bertz CT molecular complexity index is 581. The molecule has 1 fully saturated rings. The molecule has 20 heavy (non-hydrogen) atoms. The third-order valence-corrected chi connectivity index (χ3v) is 4.50. The summed E-state index contributed by atoms with van der Waals surface area (Å²) in [5, 5.41) is 12.6. The Labute approximate surface area is 124 Å². The standard InChI is InChI=1S/C14H14BrNO4/c15-8-1-2-9-10(7-8)20-14(3-5-16-6-4-14)11(12(9)17)13(18)19/h1-2,7,11,16H,3-6H2,(H,18,19). The number of hydrogen-bond donors (Lipinski definition) is 2. The van der Waals surface area contributed by atoms with Gasteiger partial charge in [-0.15, -0.1) is 0 Å². The van der Waals surface area contributed by atoms with Gasteiger partial charge in [0.1, 0.15) is 11.4 Å². The number of aliphatic carboxylic acids is 1. The smallest absolute Gasteiger partial charge is 0.318 e. The minimum absolute atomic E-state index is 0.352. The number of carboxylic acids is 1. The van der Waals surface area contributed by atoms with Crippen molar-refractivity contribution in [2.24, 2.45) is 5.92 Å². The lowest BCUT2D eigenvalue weighted by Crippen LogP contribution is -2.58. The van der Waals surface area contributed by atoms with Crippen molar-refractivity contribution in [3.05, 3.63) is 28.2 Å². The molecule has 2 aliphatic heterocycles. The summed E-state index contributed by atoms with van der Waals surface area (Å²) in [5.74, 6) is -2.11. The zero-order valence-corrected chi connectivity index (χ0v) is 12.3. The summed E-state index contributed by atoms with van der Waals surface area (Å²) in [6.07, 6.45) is 1.03. The SMILES string of the molecule is O=C(O)C1C(=O)c2ccc(Br)cc2OC12CCNCC2. The van der Waals surface area contributed by atoms with E-state index in [1.165, 1.54) is 0 Å². The van der Waals surface area contributed by atoms with Crippen LogP contribution < -0.4 is 10.1 Å². The summed E-state index contributed by atoms with van der Waals surface area (Å²) in [6, 6.07) is 5.07. The molecule has 0 bridgehead atoms. The number of ketones is 1. The van der Waals surface area contributed by atoms with E-state index in [0.717, 1.165) is 4.47 Å². The molecule has 0 aliphatic carbocycles. The number of benzene rings is 1. The minimum atomic E-state index is -1.13. The lowest BCUT2D eigenvalue weighted by molar-refractivity contribution is -0.149. The molecule has 6 heteroatoms. The largest absolute Gasteiger partial charge is 0.485 e. The fraction of sp³-hybridized carbons (Fsp3) is 0.429. The number of nitrogens with one attached hydrogen (secondary N) is 1. The molecule has 1 unspecified atom stereocenters. The molecule has 0 radical (unpaired) electrons. The number of carbonyl (C=O) groups excluding carboxylic acids is 1. The van der Waals surface area contributed by atoms with Crippen LogP contribution in [0.5, 0.6) is 5.75 Å². The van der Waals surface area contributed by atoms with Gasteiger partial charge in [-0.25, -0.2) is 0 Å². The lowest BCUT2D eigenvalue weighted by atomic mass is 9.74. The monoisotopic (exact) mass is 339 g/mol. The fourth-order valence-corrected chi connectivity index (χ4v) is 3.37. The van der Waals surface area contributed by atoms with E-state index in [1.54, 1.807) is 18.2 Å². The van der Waals surface area contributed by atoms with E-state index in [-0.39, 0.29) is 5.78 Å². The minimum Gasteiger partial charge on any atom is -0.485 e. The number of fused-ring (bicyclic) bond motifs is 1. The predicted octanol–water partition coefficient (Wildman–Crippen LogP) is 1.85. The molecule has 1 aromatic carbocycles. The maximum atomic E-state index is 12.5. The Kier molecular flexibility index (Phi) is 3.30. The number of Topliss-reactive ketones (excluding diaryl/α,β-unsaturated/α-hetero) is 1. The van der Waals surface area contributed by atoms with Gasteiger partial charge < -0.3 is 15.2 Å². The second-order valence-electron chi connectivity index (χ2n) is 5.19. The van der Waals surface area contributed by atoms with Gasteiger partial charge in [0.05, 0.1) is 5.56 Å². The Hall–Kier alpha value is -1.40. The Morgan fingerprint density at radius 1 is 1.40 bits per heavy atom. The van der Waals surface area contributed by atoms with E-state index in [2.05, 4.69) is 21.2 Å². The number of ether oxygens (including phenoxy) is 1. The van der Waals surface area contributed by atoms with Gasteiger partial charge in [0, 0.05) is 17.3 Å². The van der Waals surface area contributed by atoms with Crippen LogP contribution in [0, 0.1) is 5.92 Å².